The van der Waals surface area contributed by atoms with E-state index in [1.165, 1.54) is 13.2 Å². The molecule has 1 aromatic carbocycles. The van der Waals surface area contributed by atoms with Gasteiger partial charge in [0.05, 0.1) is 7.11 Å². The number of alkyl halides is 2. The molecule has 0 atom stereocenters. The topological polar surface area (TPSA) is 46.1 Å². The number of halogens is 3. The van der Waals surface area contributed by atoms with Crippen LogP contribution in [-0.2, 0) is 6.54 Å². The Labute approximate surface area is 159 Å². The van der Waals surface area contributed by atoms with E-state index in [0.29, 0.717) is 23.8 Å². The summed E-state index contributed by atoms with van der Waals surface area (Å²) < 4.78 is 34.7. The number of guanidine groups is 1. The highest BCUT2D eigenvalue weighted by Crippen LogP contribution is 2.26. The predicted molar refractivity (Wildman–Crippen MR) is 103 cm³/mol. The summed E-state index contributed by atoms with van der Waals surface area (Å²) in [5, 5.41) is 3.16. The SMILES string of the molecule is CCCCN(C)C(=NC)NCc1ccc(OC)cc1OC(F)F.I. The van der Waals surface area contributed by atoms with Crippen LogP contribution in [0.5, 0.6) is 11.5 Å². The first-order chi connectivity index (χ1) is 11.0. The van der Waals surface area contributed by atoms with Crippen LogP contribution >= 0.6 is 24.0 Å². The summed E-state index contributed by atoms with van der Waals surface area (Å²) in [5.74, 6) is 1.27. The van der Waals surface area contributed by atoms with Crippen molar-refractivity contribution < 1.29 is 18.3 Å². The van der Waals surface area contributed by atoms with Crippen molar-refractivity contribution in [3.63, 3.8) is 0 Å². The second-order valence-corrected chi connectivity index (χ2v) is 5.03. The highest BCUT2D eigenvalue weighted by atomic mass is 127. The Morgan fingerprint density at radius 1 is 1.38 bits per heavy atom. The lowest BCUT2D eigenvalue weighted by molar-refractivity contribution is -0.0505. The van der Waals surface area contributed by atoms with Crippen molar-refractivity contribution in [1.82, 2.24) is 10.2 Å². The second-order valence-electron chi connectivity index (χ2n) is 5.03. The van der Waals surface area contributed by atoms with Gasteiger partial charge in [-0.3, -0.25) is 4.99 Å². The highest BCUT2D eigenvalue weighted by molar-refractivity contribution is 14.0. The van der Waals surface area contributed by atoms with Gasteiger partial charge in [0.2, 0.25) is 0 Å². The minimum absolute atomic E-state index is 0. The fourth-order valence-corrected chi connectivity index (χ4v) is 2.07. The maximum Gasteiger partial charge on any atom is 0.387 e. The predicted octanol–water partition coefficient (Wildman–Crippen LogP) is 3.72. The Morgan fingerprint density at radius 3 is 2.62 bits per heavy atom. The lowest BCUT2D eigenvalue weighted by Crippen LogP contribution is -2.39. The molecule has 0 fully saturated rings. The van der Waals surface area contributed by atoms with E-state index in [1.54, 1.807) is 19.2 Å². The molecule has 1 aromatic rings. The van der Waals surface area contributed by atoms with E-state index < -0.39 is 6.61 Å². The Kier molecular flexibility index (Phi) is 11.4. The van der Waals surface area contributed by atoms with Gasteiger partial charge in [-0.25, -0.2) is 0 Å². The van der Waals surface area contributed by atoms with Gasteiger partial charge in [0.15, 0.2) is 5.96 Å². The maximum absolute atomic E-state index is 12.6. The van der Waals surface area contributed by atoms with Gasteiger partial charge in [0.1, 0.15) is 11.5 Å². The van der Waals surface area contributed by atoms with Crippen LogP contribution in [0.25, 0.3) is 0 Å². The standard InChI is InChI=1S/C16H25F2N3O2.HI/c1-5-6-9-21(3)16(19-2)20-11-12-7-8-13(22-4)10-14(12)23-15(17)18;/h7-8,10,15H,5-6,9,11H2,1-4H3,(H,19,20);1H. The molecule has 1 N–H and O–H groups in total. The van der Waals surface area contributed by atoms with E-state index in [4.69, 9.17) is 4.74 Å². The molecule has 24 heavy (non-hydrogen) atoms. The zero-order valence-corrected chi connectivity index (χ0v) is 16.8. The van der Waals surface area contributed by atoms with Gasteiger partial charge in [0, 0.05) is 38.8 Å². The van der Waals surface area contributed by atoms with E-state index in [1.807, 2.05) is 11.9 Å². The molecule has 0 aliphatic heterocycles. The van der Waals surface area contributed by atoms with E-state index >= 15 is 0 Å². The average molecular weight is 457 g/mol. The van der Waals surface area contributed by atoms with Crippen LogP contribution in [-0.4, -0.2) is 45.2 Å². The fraction of sp³-hybridized carbons (Fsp3) is 0.562. The molecule has 1 rings (SSSR count). The van der Waals surface area contributed by atoms with Gasteiger partial charge in [0.25, 0.3) is 0 Å². The maximum atomic E-state index is 12.6. The first kappa shape index (κ1) is 22.7. The molecule has 0 amide bonds. The van der Waals surface area contributed by atoms with Crippen LogP contribution < -0.4 is 14.8 Å². The monoisotopic (exact) mass is 457 g/mol. The van der Waals surface area contributed by atoms with Crippen molar-refractivity contribution >= 4 is 29.9 Å². The molecule has 0 bridgehead atoms. The smallest absolute Gasteiger partial charge is 0.387 e. The molecule has 5 nitrogen and oxygen atoms in total. The van der Waals surface area contributed by atoms with Crippen molar-refractivity contribution in [2.45, 2.75) is 32.9 Å². The summed E-state index contributed by atoms with van der Waals surface area (Å²) in [5.41, 5.74) is 0.608. The zero-order valence-electron chi connectivity index (χ0n) is 14.5. The van der Waals surface area contributed by atoms with Crippen LogP contribution in [0.2, 0.25) is 0 Å². The molecule has 0 radical (unpaired) electrons. The van der Waals surface area contributed by atoms with Crippen LogP contribution in [0.15, 0.2) is 23.2 Å². The van der Waals surface area contributed by atoms with E-state index in [9.17, 15) is 8.78 Å². The van der Waals surface area contributed by atoms with Crippen molar-refractivity contribution in [3.8, 4) is 11.5 Å². The number of hydrogen-bond donors (Lipinski definition) is 1. The van der Waals surface area contributed by atoms with Crippen molar-refractivity contribution in [1.29, 1.82) is 0 Å². The molecule has 138 valence electrons. The van der Waals surface area contributed by atoms with E-state index in [0.717, 1.165) is 19.4 Å². The van der Waals surface area contributed by atoms with Gasteiger partial charge in [-0.1, -0.05) is 13.3 Å². The summed E-state index contributed by atoms with van der Waals surface area (Å²) >= 11 is 0. The fourth-order valence-electron chi connectivity index (χ4n) is 2.07. The molecule has 0 spiro atoms. The Morgan fingerprint density at radius 2 is 2.08 bits per heavy atom. The molecule has 8 heteroatoms. The number of benzene rings is 1. The number of nitrogens with one attached hydrogen (secondary N) is 1. The molecule has 0 aliphatic carbocycles. The van der Waals surface area contributed by atoms with Gasteiger partial charge in [-0.05, 0) is 18.6 Å². The largest absolute Gasteiger partial charge is 0.497 e. The summed E-state index contributed by atoms with van der Waals surface area (Å²) in [7, 11) is 5.11. The lowest BCUT2D eigenvalue weighted by Gasteiger charge is -2.22. The summed E-state index contributed by atoms with van der Waals surface area (Å²) in [6, 6.07) is 4.86. The minimum Gasteiger partial charge on any atom is -0.497 e. The zero-order chi connectivity index (χ0) is 17.2. The van der Waals surface area contributed by atoms with Gasteiger partial charge < -0.3 is 19.7 Å². The highest BCUT2D eigenvalue weighted by Gasteiger charge is 2.12. The normalized spacial score (nSPS) is 11.0. The number of methoxy groups -OCH3 is 1. The third-order valence-corrected chi connectivity index (χ3v) is 3.35. The van der Waals surface area contributed by atoms with Crippen molar-refractivity contribution in [3.05, 3.63) is 23.8 Å². The number of hydrogen-bond acceptors (Lipinski definition) is 3. The van der Waals surface area contributed by atoms with Crippen molar-refractivity contribution in [2.24, 2.45) is 4.99 Å². The van der Waals surface area contributed by atoms with E-state index in [-0.39, 0.29) is 29.7 Å². The molecule has 0 heterocycles. The van der Waals surface area contributed by atoms with Crippen LogP contribution in [0.1, 0.15) is 25.3 Å². The third kappa shape index (κ3) is 7.50. The summed E-state index contributed by atoms with van der Waals surface area (Å²) in [4.78, 5) is 6.20. The number of unbranched alkanes of at least 4 members (excludes halogenated alkanes) is 1. The molecule has 0 aliphatic rings. The average Bonchev–Trinajstić information content (AvgIpc) is 2.53. The number of rotatable bonds is 8. The molecule has 0 aromatic heterocycles. The molecule has 0 saturated carbocycles. The quantitative estimate of drug-likeness (QED) is 0.367. The first-order valence-corrected chi connectivity index (χ1v) is 7.55. The van der Waals surface area contributed by atoms with Gasteiger partial charge >= 0.3 is 6.61 Å². The van der Waals surface area contributed by atoms with Crippen LogP contribution in [0.4, 0.5) is 8.78 Å². The van der Waals surface area contributed by atoms with Gasteiger partial charge in [-0.15, -0.1) is 24.0 Å². The minimum atomic E-state index is -2.88. The Balaban J connectivity index is 0.00000529. The van der Waals surface area contributed by atoms with Gasteiger partial charge in [-0.2, -0.15) is 8.78 Å². The Hall–Kier alpha value is -1.32. The Bertz CT molecular complexity index is 516. The lowest BCUT2D eigenvalue weighted by atomic mass is 10.2. The first-order valence-electron chi connectivity index (χ1n) is 7.55. The number of ether oxygens (including phenoxy) is 2. The molecule has 0 saturated heterocycles. The second kappa shape index (κ2) is 12.1. The number of nitrogens with zero attached hydrogens (tertiary/aromatic N) is 2. The third-order valence-electron chi connectivity index (χ3n) is 3.35. The van der Waals surface area contributed by atoms with E-state index in [2.05, 4.69) is 22.0 Å². The summed E-state index contributed by atoms with van der Waals surface area (Å²) in [6.45, 7) is 0.441. The number of aliphatic imine (C=N–C) groups is 1. The molecular formula is C16H26F2IN3O2. The molecule has 0 unspecified atom stereocenters. The molecular weight excluding hydrogens is 431 g/mol. The van der Waals surface area contributed by atoms with Crippen LogP contribution in [0.3, 0.4) is 0 Å². The summed E-state index contributed by atoms with van der Waals surface area (Å²) in [6.07, 6.45) is 2.14. The van der Waals surface area contributed by atoms with Crippen LogP contribution in [0, 0.1) is 0 Å². The van der Waals surface area contributed by atoms with Crippen molar-refractivity contribution in [2.75, 3.05) is 27.7 Å².